The quantitative estimate of drug-likeness (QED) is 0.411. The molecule has 1 aliphatic rings. The second-order valence-corrected chi connectivity index (χ2v) is 11.0. The van der Waals surface area contributed by atoms with E-state index in [0.29, 0.717) is 23.5 Å². The third-order valence-electron chi connectivity index (χ3n) is 5.08. The van der Waals surface area contributed by atoms with Crippen molar-refractivity contribution in [1.82, 2.24) is 14.9 Å². The van der Waals surface area contributed by atoms with Crippen LogP contribution in [0.5, 0.6) is 0 Å². The molecular weight excluding hydrogens is 430 g/mol. The average Bonchev–Trinajstić information content (AvgIpc) is 3.47. The Morgan fingerprint density at radius 3 is 2.77 bits per heavy atom. The lowest BCUT2D eigenvalue weighted by Gasteiger charge is -2.17. The summed E-state index contributed by atoms with van der Waals surface area (Å²) in [6, 6.07) is 7.27. The maximum absolute atomic E-state index is 12.7. The van der Waals surface area contributed by atoms with Gasteiger partial charge in [0.2, 0.25) is 5.89 Å². The zero-order valence-electron chi connectivity index (χ0n) is 17.9. The topological polar surface area (TPSA) is 97.3 Å². The van der Waals surface area contributed by atoms with Crippen molar-refractivity contribution in [3.63, 3.8) is 0 Å². The van der Waals surface area contributed by atoms with Crippen molar-refractivity contribution >= 4 is 39.8 Å². The summed E-state index contributed by atoms with van der Waals surface area (Å²) < 4.78 is 6.96. The average molecular weight is 458 g/mol. The van der Waals surface area contributed by atoms with E-state index in [2.05, 4.69) is 36.1 Å². The van der Waals surface area contributed by atoms with Gasteiger partial charge < -0.3 is 20.4 Å². The number of amides is 1. The molecule has 3 aromatic rings. The molecule has 1 aliphatic heterocycles. The monoisotopic (exact) mass is 457 g/mol. The third kappa shape index (κ3) is 5.40. The van der Waals surface area contributed by atoms with Crippen molar-refractivity contribution in [2.24, 2.45) is 0 Å². The second-order valence-electron chi connectivity index (χ2n) is 8.64. The van der Waals surface area contributed by atoms with Crippen LogP contribution in [0.2, 0.25) is 0 Å². The van der Waals surface area contributed by atoms with E-state index >= 15 is 0 Å². The van der Waals surface area contributed by atoms with E-state index in [-0.39, 0.29) is 17.4 Å². The highest BCUT2D eigenvalue weighted by molar-refractivity contribution is 8.00. The number of benzene rings is 1. The Bertz CT molecular complexity index is 1040. The number of oxazole rings is 1. The number of hydrogen-bond acceptors (Lipinski definition) is 8. The number of thiazole rings is 1. The van der Waals surface area contributed by atoms with Crippen molar-refractivity contribution in [1.29, 1.82) is 0 Å². The summed E-state index contributed by atoms with van der Waals surface area (Å²) in [4.78, 5) is 23.4. The summed E-state index contributed by atoms with van der Waals surface area (Å²) in [7, 11) is 0. The number of carbonyl (C=O) groups excluding carboxylic acids is 1. The van der Waals surface area contributed by atoms with Crippen molar-refractivity contribution < 1.29 is 9.21 Å². The summed E-state index contributed by atoms with van der Waals surface area (Å²) in [6.45, 7) is 7.72. The van der Waals surface area contributed by atoms with Crippen LogP contribution in [0.15, 0.2) is 45.3 Å². The van der Waals surface area contributed by atoms with Gasteiger partial charge in [0.05, 0.1) is 22.4 Å². The van der Waals surface area contributed by atoms with Gasteiger partial charge in [-0.15, -0.1) is 11.8 Å². The summed E-state index contributed by atoms with van der Waals surface area (Å²) in [5, 5.41) is 4.34. The molecule has 1 fully saturated rings. The van der Waals surface area contributed by atoms with E-state index < -0.39 is 0 Å². The fraction of sp³-hybridized carbons (Fsp3) is 0.409. The van der Waals surface area contributed by atoms with Crippen LogP contribution < -0.4 is 11.1 Å². The Balaban J connectivity index is 1.28. The number of anilines is 2. The van der Waals surface area contributed by atoms with Crippen LogP contribution in [-0.2, 0) is 11.2 Å². The van der Waals surface area contributed by atoms with Crippen molar-refractivity contribution in [3.8, 4) is 0 Å². The first-order valence-electron chi connectivity index (χ1n) is 10.2. The molecule has 3 heterocycles. The summed E-state index contributed by atoms with van der Waals surface area (Å²) >= 11 is 3.28. The zero-order valence-corrected chi connectivity index (χ0v) is 19.6. The molecule has 2 aromatic heterocycles. The standard InChI is InChI=1S/C22H27N5O2S2/c1-22(2,3)17-10-24-18(29-17)13-30-19-11-25-21(31-19)26-16-8-9-27(12-16)20(28)14-4-6-15(23)7-5-14/h4-7,10-11,16H,8-9,12-13,23H2,1-3H3,(H,25,26). The number of nitrogen functional groups attached to an aromatic ring is 1. The molecule has 0 bridgehead atoms. The van der Waals surface area contributed by atoms with Gasteiger partial charge in [-0.3, -0.25) is 4.79 Å². The molecule has 1 unspecified atom stereocenters. The Hall–Kier alpha value is -2.52. The Labute approximate surface area is 190 Å². The van der Waals surface area contributed by atoms with Crippen LogP contribution in [-0.4, -0.2) is 39.9 Å². The van der Waals surface area contributed by atoms with Gasteiger partial charge >= 0.3 is 0 Å². The zero-order chi connectivity index (χ0) is 22.0. The fourth-order valence-corrected chi connectivity index (χ4v) is 5.10. The van der Waals surface area contributed by atoms with Gasteiger partial charge in [-0.1, -0.05) is 32.1 Å². The van der Waals surface area contributed by atoms with E-state index in [0.717, 1.165) is 34.0 Å². The molecule has 3 N–H and O–H groups in total. The molecule has 164 valence electrons. The summed E-state index contributed by atoms with van der Waals surface area (Å²) in [6.07, 6.45) is 4.58. The molecular formula is C22H27N5O2S2. The lowest BCUT2D eigenvalue weighted by atomic mass is 9.94. The summed E-state index contributed by atoms with van der Waals surface area (Å²) in [5.74, 6) is 2.34. The molecule has 1 aromatic carbocycles. The fourth-order valence-electron chi connectivity index (χ4n) is 3.29. The first-order valence-corrected chi connectivity index (χ1v) is 12.0. The number of hydrogen-bond donors (Lipinski definition) is 2. The molecule has 31 heavy (non-hydrogen) atoms. The maximum atomic E-state index is 12.7. The molecule has 7 nitrogen and oxygen atoms in total. The largest absolute Gasteiger partial charge is 0.444 e. The number of thioether (sulfide) groups is 1. The van der Waals surface area contributed by atoms with E-state index in [9.17, 15) is 4.79 Å². The molecule has 1 saturated heterocycles. The smallest absolute Gasteiger partial charge is 0.253 e. The van der Waals surface area contributed by atoms with Crippen LogP contribution in [0, 0.1) is 0 Å². The number of likely N-dealkylation sites (tertiary alicyclic amines) is 1. The lowest BCUT2D eigenvalue weighted by Crippen LogP contribution is -2.31. The Morgan fingerprint density at radius 1 is 1.29 bits per heavy atom. The molecule has 0 saturated carbocycles. The van der Waals surface area contributed by atoms with Crippen LogP contribution in [0.25, 0.3) is 0 Å². The van der Waals surface area contributed by atoms with Gasteiger partial charge in [0.1, 0.15) is 5.76 Å². The number of nitrogens with zero attached hydrogens (tertiary/aromatic N) is 3. The highest BCUT2D eigenvalue weighted by Gasteiger charge is 2.27. The summed E-state index contributed by atoms with van der Waals surface area (Å²) in [5.41, 5.74) is 7.00. The molecule has 4 rings (SSSR count). The van der Waals surface area contributed by atoms with Crippen LogP contribution in [0.4, 0.5) is 10.8 Å². The van der Waals surface area contributed by atoms with Crippen molar-refractivity contribution in [2.45, 2.75) is 48.6 Å². The van der Waals surface area contributed by atoms with Gasteiger partial charge in [0, 0.05) is 35.8 Å². The first-order chi connectivity index (χ1) is 14.8. The predicted octanol–water partition coefficient (Wildman–Crippen LogP) is 4.63. The molecule has 1 amide bonds. The van der Waals surface area contributed by atoms with Gasteiger partial charge in [0.15, 0.2) is 5.13 Å². The number of rotatable bonds is 6. The highest BCUT2D eigenvalue weighted by Crippen LogP contribution is 2.32. The molecule has 0 spiro atoms. The van der Waals surface area contributed by atoms with E-state index in [1.54, 1.807) is 47.4 Å². The normalized spacial score (nSPS) is 16.6. The van der Waals surface area contributed by atoms with Gasteiger partial charge in [-0.05, 0) is 30.7 Å². The number of nitrogens with one attached hydrogen (secondary N) is 1. The van der Waals surface area contributed by atoms with Crippen LogP contribution in [0.1, 0.15) is 49.2 Å². The van der Waals surface area contributed by atoms with Gasteiger partial charge in [-0.25, -0.2) is 9.97 Å². The minimum Gasteiger partial charge on any atom is -0.444 e. The highest BCUT2D eigenvalue weighted by atomic mass is 32.2. The first kappa shape index (κ1) is 21.7. The third-order valence-corrected chi connectivity index (χ3v) is 7.18. The minimum atomic E-state index is -0.0398. The minimum absolute atomic E-state index is 0.0398. The lowest BCUT2D eigenvalue weighted by molar-refractivity contribution is 0.0791. The predicted molar refractivity (Wildman–Crippen MR) is 126 cm³/mol. The molecule has 0 aliphatic carbocycles. The van der Waals surface area contributed by atoms with Crippen LogP contribution in [0.3, 0.4) is 0 Å². The second kappa shape index (κ2) is 8.92. The maximum Gasteiger partial charge on any atom is 0.253 e. The van der Waals surface area contributed by atoms with Crippen molar-refractivity contribution in [2.75, 3.05) is 24.1 Å². The Morgan fingerprint density at radius 2 is 2.06 bits per heavy atom. The van der Waals surface area contributed by atoms with Gasteiger partial charge in [-0.2, -0.15) is 0 Å². The SMILES string of the molecule is CC(C)(C)c1cnc(CSc2cnc(NC3CCN(C(=O)c4ccc(N)cc4)C3)s2)o1. The van der Waals surface area contributed by atoms with E-state index in [1.165, 1.54) is 0 Å². The number of carbonyl (C=O) groups is 1. The van der Waals surface area contributed by atoms with E-state index in [1.807, 2.05) is 17.3 Å². The molecule has 9 heteroatoms. The number of aromatic nitrogens is 2. The molecule has 0 radical (unpaired) electrons. The number of nitrogens with two attached hydrogens (primary N) is 1. The Kier molecular flexibility index (Phi) is 6.24. The van der Waals surface area contributed by atoms with Crippen LogP contribution >= 0.6 is 23.1 Å². The molecule has 1 atom stereocenters. The van der Waals surface area contributed by atoms with Crippen molar-refractivity contribution in [3.05, 3.63) is 53.9 Å². The van der Waals surface area contributed by atoms with E-state index in [4.69, 9.17) is 10.2 Å². The van der Waals surface area contributed by atoms with Gasteiger partial charge in [0.25, 0.3) is 5.91 Å².